The number of aromatic nitrogens is 1. The van der Waals surface area contributed by atoms with Crippen LogP contribution in [-0.2, 0) is 19.6 Å². The molecule has 2 heterocycles. The third-order valence-corrected chi connectivity index (χ3v) is 6.27. The van der Waals surface area contributed by atoms with E-state index in [1.165, 1.54) is 16.7 Å². The summed E-state index contributed by atoms with van der Waals surface area (Å²) in [5.74, 6) is 3.01. The smallest absolute Gasteiger partial charge is 0.213 e. The zero-order chi connectivity index (χ0) is 22.9. The molecule has 33 heavy (non-hydrogen) atoms. The second-order valence-electron chi connectivity index (χ2n) is 8.34. The highest BCUT2D eigenvalue weighted by Gasteiger charge is 2.27. The monoisotopic (exact) mass is 442 g/mol. The van der Waals surface area contributed by atoms with E-state index >= 15 is 0 Å². The van der Waals surface area contributed by atoms with Crippen LogP contribution in [0.2, 0.25) is 0 Å². The number of hydrogen-bond donors (Lipinski definition) is 0. The minimum absolute atomic E-state index is 0.485. The lowest BCUT2D eigenvalue weighted by Crippen LogP contribution is -2.40. The van der Waals surface area contributed by atoms with E-state index in [0.29, 0.717) is 6.61 Å². The Hall–Kier alpha value is -3.73. The fraction of sp³-hybridized carbons (Fsp3) is 0.250. The van der Waals surface area contributed by atoms with Gasteiger partial charge in [-0.3, -0.25) is 0 Å². The summed E-state index contributed by atoms with van der Waals surface area (Å²) in [6.07, 6.45) is 3.10. The lowest BCUT2D eigenvalue weighted by Gasteiger charge is -2.19. The molecule has 1 aromatic heterocycles. The molecule has 0 spiro atoms. The van der Waals surface area contributed by atoms with Gasteiger partial charge in [0.1, 0.15) is 6.61 Å². The second kappa shape index (κ2) is 8.66. The van der Waals surface area contributed by atoms with Crippen molar-refractivity contribution in [1.82, 2.24) is 0 Å². The Morgan fingerprint density at radius 1 is 0.848 bits per heavy atom. The maximum Gasteiger partial charge on any atom is 0.213 e. The largest absolute Gasteiger partial charge is 0.493 e. The summed E-state index contributed by atoms with van der Waals surface area (Å²) >= 11 is 0. The Morgan fingerprint density at radius 2 is 1.64 bits per heavy atom. The van der Waals surface area contributed by atoms with Crippen LogP contribution in [0.15, 0.2) is 60.8 Å². The summed E-state index contributed by atoms with van der Waals surface area (Å²) in [4.78, 5) is 0. The molecule has 4 aromatic rings. The predicted octanol–water partition coefficient (Wildman–Crippen LogP) is 5.26. The number of fused-ring (bicyclic) bond motifs is 4. The summed E-state index contributed by atoms with van der Waals surface area (Å²) < 4.78 is 25.4. The first kappa shape index (κ1) is 21.1. The van der Waals surface area contributed by atoms with Crippen LogP contribution in [0.1, 0.15) is 16.7 Å². The summed E-state index contributed by atoms with van der Waals surface area (Å²) in [5.41, 5.74) is 5.93. The molecule has 1 aliphatic heterocycles. The first-order valence-corrected chi connectivity index (χ1v) is 11.1. The third-order valence-electron chi connectivity index (χ3n) is 6.27. The van der Waals surface area contributed by atoms with E-state index in [2.05, 4.69) is 66.2 Å². The van der Waals surface area contributed by atoms with Gasteiger partial charge in [-0.2, -0.15) is 4.57 Å². The Bertz CT molecular complexity index is 1350. The van der Waals surface area contributed by atoms with Gasteiger partial charge in [-0.25, -0.2) is 0 Å². The van der Waals surface area contributed by atoms with Gasteiger partial charge in [-0.1, -0.05) is 29.8 Å². The number of aryl methyl sites for hydroxylation is 3. The number of methoxy groups -OCH3 is 3. The van der Waals surface area contributed by atoms with E-state index < -0.39 is 0 Å². The molecule has 0 N–H and O–H groups in total. The fourth-order valence-corrected chi connectivity index (χ4v) is 4.60. The summed E-state index contributed by atoms with van der Waals surface area (Å²) in [5, 5.41) is 2.14. The van der Waals surface area contributed by atoms with Crippen molar-refractivity contribution in [3.63, 3.8) is 0 Å². The van der Waals surface area contributed by atoms with Crippen LogP contribution in [0.4, 0.5) is 0 Å². The fourth-order valence-electron chi connectivity index (χ4n) is 4.60. The molecular weight excluding hydrogens is 414 g/mol. The molecule has 0 saturated heterocycles. The Labute approximate surface area is 194 Å². The highest BCUT2D eigenvalue weighted by Crippen LogP contribution is 2.40. The average molecular weight is 443 g/mol. The minimum Gasteiger partial charge on any atom is -0.493 e. The highest BCUT2D eigenvalue weighted by atomic mass is 16.5. The second-order valence-corrected chi connectivity index (χ2v) is 8.34. The maximum absolute atomic E-state index is 6.33. The van der Waals surface area contributed by atoms with Crippen molar-refractivity contribution in [2.24, 2.45) is 0 Å². The molecule has 5 heteroatoms. The van der Waals surface area contributed by atoms with E-state index in [1.807, 2.05) is 6.07 Å². The number of hydrogen-bond acceptors (Lipinski definition) is 4. The van der Waals surface area contributed by atoms with Gasteiger partial charge in [-0.05, 0) is 47.7 Å². The van der Waals surface area contributed by atoms with Gasteiger partial charge in [0, 0.05) is 12.5 Å². The molecule has 0 fully saturated rings. The van der Waals surface area contributed by atoms with Crippen LogP contribution in [0.3, 0.4) is 0 Å². The molecule has 0 amide bonds. The molecule has 168 valence electrons. The number of pyridine rings is 1. The Morgan fingerprint density at radius 3 is 2.39 bits per heavy atom. The van der Waals surface area contributed by atoms with Gasteiger partial charge in [0.25, 0.3) is 0 Å². The predicted molar refractivity (Wildman–Crippen MR) is 128 cm³/mol. The molecule has 0 unspecified atom stereocenters. The van der Waals surface area contributed by atoms with Gasteiger partial charge in [-0.15, -0.1) is 0 Å². The third kappa shape index (κ3) is 3.84. The summed E-state index contributed by atoms with van der Waals surface area (Å²) in [6, 6.07) is 18.8. The topological polar surface area (TPSA) is 40.8 Å². The van der Waals surface area contributed by atoms with Crippen LogP contribution < -0.4 is 23.5 Å². The number of ether oxygens (including phenoxy) is 4. The van der Waals surface area contributed by atoms with Crippen molar-refractivity contribution >= 4 is 10.8 Å². The lowest BCUT2D eigenvalue weighted by molar-refractivity contribution is -0.686. The van der Waals surface area contributed by atoms with Gasteiger partial charge in [0.2, 0.25) is 5.69 Å². The normalized spacial score (nSPS) is 12.1. The molecule has 1 aliphatic rings. The highest BCUT2D eigenvalue weighted by molar-refractivity contribution is 5.91. The lowest BCUT2D eigenvalue weighted by atomic mass is 9.95. The minimum atomic E-state index is 0.485. The van der Waals surface area contributed by atoms with E-state index in [1.54, 1.807) is 21.3 Å². The first-order valence-electron chi connectivity index (χ1n) is 11.1. The Balaban J connectivity index is 1.60. The van der Waals surface area contributed by atoms with Gasteiger partial charge in [0.15, 0.2) is 35.7 Å². The van der Waals surface area contributed by atoms with Crippen LogP contribution in [0.5, 0.6) is 23.0 Å². The molecule has 5 nitrogen and oxygen atoms in total. The quantitative estimate of drug-likeness (QED) is 0.382. The van der Waals surface area contributed by atoms with Crippen LogP contribution in [0, 0.1) is 6.92 Å². The van der Waals surface area contributed by atoms with E-state index in [9.17, 15) is 0 Å². The molecule has 0 radical (unpaired) electrons. The zero-order valence-corrected chi connectivity index (χ0v) is 19.5. The van der Waals surface area contributed by atoms with E-state index in [4.69, 9.17) is 18.9 Å². The van der Waals surface area contributed by atoms with Crippen molar-refractivity contribution in [1.29, 1.82) is 0 Å². The maximum atomic E-state index is 6.33. The van der Waals surface area contributed by atoms with Gasteiger partial charge < -0.3 is 18.9 Å². The van der Waals surface area contributed by atoms with Crippen LogP contribution in [0.25, 0.3) is 22.0 Å². The number of nitrogens with zero attached hydrogens (tertiary/aromatic N) is 1. The van der Waals surface area contributed by atoms with Gasteiger partial charge >= 0.3 is 0 Å². The molecule has 3 aromatic carbocycles. The number of benzene rings is 3. The van der Waals surface area contributed by atoms with Crippen molar-refractivity contribution < 1.29 is 23.5 Å². The van der Waals surface area contributed by atoms with Crippen LogP contribution >= 0.6 is 0 Å². The van der Waals surface area contributed by atoms with Crippen molar-refractivity contribution in [2.45, 2.75) is 26.5 Å². The van der Waals surface area contributed by atoms with E-state index in [-0.39, 0.29) is 0 Å². The first-order chi connectivity index (χ1) is 16.1. The molecule has 0 atom stereocenters. The zero-order valence-electron chi connectivity index (χ0n) is 19.5. The standard InChI is InChI=1S/C28H28NO4/c1-18-6-5-7-19(12-18)17-33-28-23-16-29-11-10-21-14-26(31-3)27(32-4)15-22(21)24(29)13-20(23)8-9-25(28)30-2/h5-9,12-16H,10-11,17H2,1-4H3/q+1. The number of rotatable bonds is 6. The molecule has 0 saturated carbocycles. The summed E-state index contributed by atoms with van der Waals surface area (Å²) in [6.45, 7) is 3.45. The molecule has 0 bridgehead atoms. The average Bonchev–Trinajstić information content (AvgIpc) is 2.85. The summed E-state index contributed by atoms with van der Waals surface area (Å²) in [7, 11) is 5.03. The molecule has 0 aliphatic carbocycles. The van der Waals surface area contributed by atoms with Crippen molar-refractivity contribution in [2.75, 3.05) is 21.3 Å². The SMILES string of the molecule is COc1cc2c(cc1OC)-c1cc3ccc(OC)c(OCc4cccc(C)c4)c3c[n+]1CC2. The Kier molecular flexibility index (Phi) is 5.55. The van der Waals surface area contributed by atoms with Crippen LogP contribution in [-0.4, -0.2) is 21.3 Å². The molecule has 5 rings (SSSR count). The van der Waals surface area contributed by atoms with Crippen molar-refractivity contribution in [3.8, 4) is 34.3 Å². The van der Waals surface area contributed by atoms with E-state index in [0.717, 1.165) is 58.0 Å². The van der Waals surface area contributed by atoms with Crippen molar-refractivity contribution in [3.05, 3.63) is 77.5 Å². The molecular formula is C28H28NO4+. The van der Waals surface area contributed by atoms with Gasteiger partial charge in [0.05, 0.1) is 32.3 Å².